The summed E-state index contributed by atoms with van der Waals surface area (Å²) in [6.07, 6.45) is 5.04. The van der Waals surface area contributed by atoms with E-state index in [1.165, 1.54) is 37.9 Å². The quantitative estimate of drug-likeness (QED) is 0.907. The van der Waals surface area contributed by atoms with Crippen molar-refractivity contribution in [3.05, 3.63) is 28.5 Å². The molecule has 100 valence electrons. The Bertz CT molecular complexity index is 397. The number of nitrogens with zero attached hydrogens (tertiary/aromatic N) is 1. The minimum absolute atomic E-state index is 0.199. The van der Waals surface area contributed by atoms with Crippen molar-refractivity contribution in [2.75, 3.05) is 25.5 Å². The van der Waals surface area contributed by atoms with Gasteiger partial charge in [0.15, 0.2) is 0 Å². The third-order valence-corrected chi connectivity index (χ3v) is 4.33. The first kappa shape index (κ1) is 13.8. The van der Waals surface area contributed by atoms with Gasteiger partial charge in [0, 0.05) is 17.1 Å². The van der Waals surface area contributed by atoms with Crippen LogP contribution in [0.15, 0.2) is 22.7 Å². The van der Waals surface area contributed by atoms with E-state index in [1.807, 2.05) is 0 Å². The Morgan fingerprint density at radius 1 is 1.44 bits per heavy atom. The Hall–Kier alpha value is -0.610. The lowest BCUT2D eigenvalue weighted by molar-refractivity contribution is 0.179. The van der Waals surface area contributed by atoms with E-state index in [2.05, 4.69) is 33.2 Å². The second-order valence-electron chi connectivity index (χ2n) is 4.97. The molecule has 1 aromatic carbocycles. The van der Waals surface area contributed by atoms with E-state index >= 15 is 0 Å². The lowest BCUT2D eigenvalue weighted by Crippen LogP contribution is -2.37. The standard InChI is InChI=1S/C14H20BrFN2/c1-18-9-3-2-4-12(18)7-8-17-14-10-11(16)5-6-13(14)15/h5-6,10,12,17H,2-4,7-9H2,1H3. The number of rotatable bonds is 4. The molecule has 0 saturated carbocycles. The molecule has 1 N–H and O–H groups in total. The molecule has 4 heteroatoms. The van der Waals surface area contributed by atoms with E-state index in [0.717, 1.165) is 23.1 Å². The minimum atomic E-state index is -0.199. The Labute approximate surface area is 117 Å². The summed E-state index contributed by atoms with van der Waals surface area (Å²) in [5.74, 6) is -0.199. The summed E-state index contributed by atoms with van der Waals surface area (Å²) in [6, 6.07) is 5.40. The molecule has 1 fully saturated rings. The van der Waals surface area contributed by atoms with Crippen LogP contribution in [0.3, 0.4) is 0 Å². The smallest absolute Gasteiger partial charge is 0.125 e. The summed E-state index contributed by atoms with van der Waals surface area (Å²) in [6.45, 7) is 2.09. The van der Waals surface area contributed by atoms with E-state index in [1.54, 1.807) is 6.07 Å². The SMILES string of the molecule is CN1CCCCC1CCNc1cc(F)ccc1Br. The normalized spacial score (nSPS) is 20.9. The molecule has 0 aromatic heterocycles. The number of likely N-dealkylation sites (tertiary alicyclic amines) is 1. The lowest BCUT2D eigenvalue weighted by Gasteiger charge is -2.32. The van der Waals surface area contributed by atoms with Crippen molar-refractivity contribution >= 4 is 21.6 Å². The minimum Gasteiger partial charge on any atom is -0.384 e. The fraction of sp³-hybridized carbons (Fsp3) is 0.571. The van der Waals surface area contributed by atoms with Crippen LogP contribution in [0.1, 0.15) is 25.7 Å². The zero-order chi connectivity index (χ0) is 13.0. The molecule has 1 aliphatic rings. The van der Waals surface area contributed by atoms with Gasteiger partial charge in [-0.25, -0.2) is 4.39 Å². The molecule has 0 aliphatic carbocycles. The largest absolute Gasteiger partial charge is 0.384 e. The molecule has 0 spiro atoms. The molecule has 2 nitrogen and oxygen atoms in total. The fourth-order valence-corrected chi connectivity index (χ4v) is 2.90. The second-order valence-corrected chi connectivity index (χ2v) is 5.82. The molecule has 1 atom stereocenters. The van der Waals surface area contributed by atoms with Gasteiger partial charge in [-0.2, -0.15) is 0 Å². The fourth-order valence-electron chi connectivity index (χ4n) is 2.52. The van der Waals surface area contributed by atoms with Gasteiger partial charge >= 0.3 is 0 Å². The Morgan fingerprint density at radius 2 is 2.28 bits per heavy atom. The predicted octanol–water partition coefficient (Wildman–Crippen LogP) is 3.87. The first-order valence-corrected chi connectivity index (χ1v) is 7.35. The summed E-state index contributed by atoms with van der Waals surface area (Å²) in [7, 11) is 2.20. The highest BCUT2D eigenvalue weighted by Gasteiger charge is 2.18. The zero-order valence-corrected chi connectivity index (χ0v) is 12.3. The Balaban J connectivity index is 1.82. The van der Waals surface area contributed by atoms with E-state index in [0.29, 0.717) is 6.04 Å². The van der Waals surface area contributed by atoms with Crippen LogP contribution in [0.2, 0.25) is 0 Å². The first-order chi connectivity index (χ1) is 8.66. The van der Waals surface area contributed by atoms with Crippen LogP contribution in [-0.4, -0.2) is 31.1 Å². The third-order valence-electron chi connectivity index (χ3n) is 3.64. The average Bonchev–Trinajstić information content (AvgIpc) is 2.36. The van der Waals surface area contributed by atoms with Gasteiger partial charge in [-0.3, -0.25) is 0 Å². The summed E-state index contributed by atoms with van der Waals surface area (Å²) < 4.78 is 14.0. The predicted molar refractivity (Wildman–Crippen MR) is 77.5 cm³/mol. The van der Waals surface area contributed by atoms with Crippen molar-refractivity contribution in [3.63, 3.8) is 0 Å². The van der Waals surface area contributed by atoms with Crippen molar-refractivity contribution < 1.29 is 4.39 Å². The molecule has 0 bridgehead atoms. The highest BCUT2D eigenvalue weighted by molar-refractivity contribution is 9.10. The highest BCUT2D eigenvalue weighted by atomic mass is 79.9. The van der Waals surface area contributed by atoms with Crippen LogP contribution in [0.4, 0.5) is 10.1 Å². The molecule has 1 saturated heterocycles. The van der Waals surface area contributed by atoms with Crippen molar-refractivity contribution in [2.24, 2.45) is 0 Å². The molecule has 18 heavy (non-hydrogen) atoms. The third kappa shape index (κ3) is 3.69. The molecule has 2 rings (SSSR count). The zero-order valence-electron chi connectivity index (χ0n) is 10.8. The van der Waals surface area contributed by atoms with Crippen LogP contribution in [0.25, 0.3) is 0 Å². The highest BCUT2D eigenvalue weighted by Crippen LogP contribution is 2.24. The lowest BCUT2D eigenvalue weighted by atomic mass is 10.0. The Kier molecular flexibility index (Phi) is 5.01. The average molecular weight is 315 g/mol. The monoisotopic (exact) mass is 314 g/mol. The molecule has 0 radical (unpaired) electrons. The van der Waals surface area contributed by atoms with Gasteiger partial charge in [0.05, 0.1) is 5.69 Å². The number of hydrogen-bond donors (Lipinski definition) is 1. The van der Waals surface area contributed by atoms with Crippen LogP contribution < -0.4 is 5.32 Å². The van der Waals surface area contributed by atoms with Gasteiger partial charge in [0.2, 0.25) is 0 Å². The number of hydrogen-bond acceptors (Lipinski definition) is 2. The van der Waals surface area contributed by atoms with Gasteiger partial charge in [-0.1, -0.05) is 6.42 Å². The van der Waals surface area contributed by atoms with E-state index < -0.39 is 0 Å². The van der Waals surface area contributed by atoms with Gasteiger partial charge in [-0.05, 0) is 67.0 Å². The number of halogens is 2. The summed E-state index contributed by atoms with van der Waals surface area (Å²) in [4.78, 5) is 2.44. The van der Waals surface area contributed by atoms with Crippen LogP contribution in [0.5, 0.6) is 0 Å². The van der Waals surface area contributed by atoms with E-state index in [9.17, 15) is 4.39 Å². The molecule has 1 unspecified atom stereocenters. The number of anilines is 1. The van der Waals surface area contributed by atoms with Gasteiger partial charge < -0.3 is 10.2 Å². The van der Waals surface area contributed by atoms with Gasteiger partial charge in [0.1, 0.15) is 5.82 Å². The number of benzene rings is 1. The molecule has 1 heterocycles. The topological polar surface area (TPSA) is 15.3 Å². The number of nitrogens with one attached hydrogen (secondary N) is 1. The van der Waals surface area contributed by atoms with Crippen molar-refractivity contribution in [3.8, 4) is 0 Å². The van der Waals surface area contributed by atoms with Crippen LogP contribution in [0, 0.1) is 5.82 Å². The summed E-state index contributed by atoms with van der Waals surface area (Å²) in [5, 5.41) is 3.31. The maximum Gasteiger partial charge on any atom is 0.125 e. The maximum absolute atomic E-state index is 13.1. The number of piperidine rings is 1. The van der Waals surface area contributed by atoms with Crippen molar-refractivity contribution in [1.82, 2.24) is 4.90 Å². The van der Waals surface area contributed by atoms with Crippen molar-refractivity contribution in [1.29, 1.82) is 0 Å². The van der Waals surface area contributed by atoms with Crippen LogP contribution >= 0.6 is 15.9 Å². The molecular formula is C14H20BrFN2. The molecular weight excluding hydrogens is 295 g/mol. The Morgan fingerprint density at radius 3 is 3.06 bits per heavy atom. The molecule has 1 aliphatic heterocycles. The molecule has 0 amide bonds. The van der Waals surface area contributed by atoms with Gasteiger partial charge in [-0.15, -0.1) is 0 Å². The summed E-state index contributed by atoms with van der Waals surface area (Å²) >= 11 is 3.43. The van der Waals surface area contributed by atoms with Gasteiger partial charge in [0.25, 0.3) is 0 Å². The van der Waals surface area contributed by atoms with E-state index in [-0.39, 0.29) is 5.82 Å². The second kappa shape index (κ2) is 6.53. The maximum atomic E-state index is 13.1. The molecule has 1 aromatic rings. The van der Waals surface area contributed by atoms with E-state index in [4.69, 9.17) is 0 Å². The first-order valence-electron chi connectivity index (χ1n) is 6.56. The summed E-state index contributed by atoms with van der Waals surface area (Å²) in [5.41, 5.74) is 0.841. The van der Waals surface area contributed by atoms with Crippen LogP contribution in [-0.2, 0) is 0 Å². The van der Waals surface area contributed by atoms with Crippen molar-refractivity contribution in [2.45, 2.75) is 31.7 Å².